The van der Waals surface area contributed by atoms with Crippen molar-refractivity contribution in [2.75, 3.05) is 0 Å². The standard InChI is InChI=1S/C13H8Br2O3/c14-8-5-9(15)7-10(6-8)18-13(17)11-3-1-2-4-12(11)16/h1-7,16H. The van der Waals surface area contributed by atoms with Gasteiger partial charge in [-0.2, -0.15) is 0 Å². The molecule has 0 fully saturated rings. The molecule has 92 valence electrons. The molecule has 0 bridgehead atoms. The van der Waals surface area contributed by atoms with Crippen molar-refractivity contribution in [3.8, 4) is 11.5 Å². The molecule has 18 heavy (non-hydrogen) atoms. The van der Waals surface area contributed by atoms with Crippen LogP contribution in [-0.2, 0) is 0 Å². The third kappa shape index (κ3) is 3.11. The first kappa shape index (κ1) is 13.1. The van der Waals surface area contributed by atoms with Crippen LogP contribution in [0.4, 0.5) is 0 Å². The maximum Gasteiger partial charge on any atom is 0.347 e. The lowest BCUT2D eigenvalue weighted by Crippen LogP contribution is -2.08. The Hall–Kier alpha value is -1.33. The lowest BCUT2D eigenvalue weighted by molar-refractivity contribution is 0.0731. The SMILES string of the molecule is O=C(Oc1cc(Br)cc(Br)c1)c1ccccc1O. The van der Waals surface area contributed by atoms with Crippen molar-refractivity contribution in [1.29, 1.82) is 0 Å². The quantitative estimate of drug-likeness (QED) is 0.637. The van der Waals surface area contributed by atoms with Gasteiger partial charge in [0.2, 0.25) is 0 Å². The molecule has 0 saturated heterocycles. The number of aromatic hydroxyl groups is 1. The summed E-state index contributed by atoms with van der Waals surface area (Å²) in [6, 6.07) is 11.4. The Morgan fingerprint density at radius 3 is 2.28 bits per heavy atom. The molecule has 0 aliphatic heterocycles. The van der Waals surface area contributed by atoms with Gasteiger partial charge in [0.1, 0.15) is 17.1 Å². The van der Waals surface area contributed by atoms with Crippen LogP contribution in [0, 0.1) is 0 Å². The topological polar surface area (TPSA) is 46.5 Å². The summed E-state index contributed by atoms with van der Waals surface area (Å²) in [5.74, 6) is -0.306. The van der Waals surface area contributed by atoms with Gasteiger partial charge in [0, 0.05) is 8.95 Å². The predicted octanol–water partition coefficient (Wildman–Crippen LogP) is 4.14. The van der Waals surface area contributed by atoms with Crippen molar-refractivity contribution < 1.29 is 14.6 Å². The summed E-state index contributed by atoms with van der Waals surface area (Å²) in [7, 11) is 0. The lowest BCUT2D eigenvalue weighted by Gasteiger charge is -2.06. The average molecular weight is 372 g/mol. The number of halogens is 2. The van der Waals surface area contributed by atoms with Gasteiger partial charge in [-0.25, -0.2) is 4.79 Å². The number of benzene rings is 2. The third-order valence-corrected chi connectivity index (χ3v) is 3.09. The van der Waals surface area contributed by atoms with Crippen LogP contribution in [0.2, 0.25) is 0 Å². The Morgan fingerprint density at radius 1 is 1.06 bits per heavy atom. The van der Waals surface area contributed by atoms with Crippen molar-refractivity contribution >= 4 is 37.8 Å². The zero-order valence-corrected chi connectivity index (χ0v) is 12.2. The number of hydrogen-bond acceptors (Lipinski definition) is 3. The van der Waals surface area contributed by atoms with Crippen molar-refractivity contribution in [2.45, 2.75) is 0 Å². The molecule has 0 saturated carbocycles. The van der Waals surface area contributed by atoms with E-state index in [9.17, 15) is 9.90 Å². The summed E-state index contributed by atoms with van der Waals surface area (Å²) in [6.07, 6.45) is 0. The lowest BCUT2D eigenvalue weighted by atomic mass is 10.2. The number of carbonyl (C=O) groups is 1. The summed E-state index contributed by atoms with van der Waals surface area (Å²) in [5.41, 5.74) is 0.133. The van der Waals surface area contributed by atoms with Crippen LogP contribution >= 0.6 is 31.9 Å². The number of esters is 1. The zero-order chi connectivity index (χ0) is 13.1. The highest BCUT2D eigenvalue weighted by molar-refractivity contribution is 9.11. The molecule has 2 aromatic rings. The first-order valence-corrected chi connectivity index (χ1v) is 6.61. The predicted molar refractivity (Wildman–Crippen MR) is 74.9 cm³/mol. The molecule has 0 spiro atoms. The molecule has 0 radical (unpaired) electrons. The fourth-order valence-electron chi connectivity index (χ4n) is 1.40. The Balaban J connectivity index is 2.24. The normalized spacial score (nSPS) is 10.1. The zero-order valence-electron chi connectivity index (χ0n) is 9.06. The monoisotopic (exact) mass is 370 g/mol. The molecule has 0 amide bonds. The maximum atomic E-state index is 11.8. The second kappa shape index (κ2) is 5.54. The highest BCUT2D eigenvalue weighted by Gasteiger charge is 2.13. The Bertz CT molecular complexity index is 576. The average Bonchev–Trinajstić information content (AvgIpc) is 2.27. The molecule has 2 rings (SSSR count). The second-order valence-electron chi connectivity index (χ2n) is 3.51. The summed E-state index contributed by atoms with van der Waals surface area (Å²) in [4.78, 5) is 11.8. The third-order valence-electron chi connectivity index (χ3n) is 2.17. The molecule has 3 nitrogen and oxygen atoms in total. The van der Waals surface area contributed by atoms with Crippen LogP contribution in [0.25, 0.3) is 0 Å². The number of phenols is 1. The number of phenolic OH excluding ortho intramolecular Hbond substituents is 1. The number of carbonyl (C=O) groups excluding carboxylic acids is 1. The fourth-order valence-corrected chi connectivity index (χ4v) is 2.65. The minimum Gasteiger partial charge on any atom is -0.507 e. The molecule has 0 aliphatic carbocycles. The Kier molecular flexibility index (Phi) is 4.04. The van der Waals surface area contributed by atoms with Crippen LogP contribution in [0.1, 0.15) is 10.4 Å². The maximum absolute atomic E-state index is 11.8. The van der Waals surface area contributed by atoms with Gasteiger partial charge in [-0.1, -0.05) is 44.0 Å². The van der Waals surface area contributed by atoms with Gasteiger partial charge in [-0.15, -0.1) is 0 Å². The molecule has 2 aromatic carbocycles. The summed E-state index contributed by atoms with van der Waals surface area (Å²) in [6.45, 7) is 0. The van der Waals surface area contributed by atoms with E-state index in [1.807, 2.05) is 6.07 Å². The smallest absolute Gasteiger partial charge is 0.347 e. The van der Waals surface area contributed by atoms with Gasteiger partial charge in [-0.3, -0.25) is 0 Å². The molecular weight excluding hydrogens is 364 g/mol. The van der Waals surface area contributed by atoms with Gasteiger partial charge in [0.05, 0.1) is 0 Å². The molecule has 0 aromatic heterocycles. The molecule has 5 heteroatoms. The molecule has 0 unspecified atom stereocenters. The minimum atomic E-state index is -0.599. The van der Waals surface area contributed by atoms with Gasteiger partial charge in [0.25, 0.3) is 0 Å². The summed E-state index contributed by atoms with van der Waals surface area (Å²) < 4.78 is 6.76. The van der Waals surface area contributed by atoms with Crippen LogP contribution in [0.3, 0.4) is 0 Å². The largest absolute Gasteiger partial charge is 0.507 e. The van der Waals surface area contributed by atoms with Crippen molar-refractivity contribution in [3.05, 3.63) is 57.0 Å². The fraction of sp³-hybridized carbons (Fsp3) is 0. The van der Waals surface area contributed by atoms with E-state index in [1.54, 1.807) is 24.3 Å². The molecule has 0 atom stereocenters. The van der Waals surface area contributed by atoms with Crippen LogP contribution < -0.4 is 4.74 Å². The van der Waals surface area contributed by atoms with E-state index in [4.69, 9.17) is 4.74 Å². The van der Waals surface area contributed by atoms with E-state index in [-0.39, 0.29) is 11.3 Å². The van der Waals surface area contributed by atoms with Crippen LogP contribution in [0.15, 0.2) is 51.4 Å². The van der Waals surface area contributed by atoms with E-state index in [0.717, 1.165) is 8.95 Å². The number of para-hydroxylation sites is 1. The highest BCUT2D eigenvalue weighted by Crippen LogP contribution is 2.26. The van der Waals surface area contributed by atoms with Crippen LogP contribution in [-0.4, -0.2) is 11.1 Å². The van der Waals surface area contributed by atoms with Gasteiger partial charge >= 0.3 is 5.97 Å². The van der Waals surface area contributed by atoms with E-state index >= 15 is 0 Å². The number of ether oxygens (including phenoxy) is 1. The number of hydrogen-bond donors (Lipinski definition) is 1. The van der Waals surface area contributed by atoms with E-state index in [2.05, 4.69) is 31.9 Å². The molecule has 0 heterocycles. The van der Waals surface area contributed by atoms with E-state index < -0.39 is 5.97 Å². The Labute approximate surface area is 121 Å². The van der Waals surface area contributed by atoms with Gasteiger partial charge in [0.15, 0.2) is 0 Å². The van der Waals surface area contributed by atoms with Crippen LogP contribution in [0.5, 0.6) is 11.5 Å². The molecule has 1 N–H and O–H groups in total. The van der Waals surface area contributed by atoms with Crippen molar-refractivity contribution in [2.24, 2.45) is 0 Å². The first-order valence-electron chi connectivity index (χ1n) is 5.02. The second-order valence-corrected chi connectivity index (χ2v) is 5.34. The minimum absolute atomic E-state index is 0.100. The molecular formula is C13H8Br2O3. The van der Waals surface area contributed by atoms with Gasteiger partial charge in [-0.05, 0) is 30.3 Å². The number of rotatable bonds is 2. The first-order chi connectivity index (χ1) is 8.56. The van der Waals surface area contributed by atoms with E-state index in [0.29, 0.717) is 5.75 Å². The Morgan fingerprint density at radius 2 is 1.67 bits per heavy atom. The highest BCUT2D eigenvalue weighted by atomic mass is 79.9. The van der Waals surface area contributed by atoms with Crippen molar-refractivity contribution in [3.63, 3.8) is 0 Å². The molecule has 0 aliphatic rings. The van der Waals surface area contributed by atoms with Crippen molar-refractivity contribution in [1.82, 2.24) is 0 Å². The summed E-state index contributed by atoms with van der Waals surface area (Å²) in [5, 5.41) is 9.55. The summed E-state index contributed by atoms with van der Waals surface area (Å²) >= 11 is 6.61. The van der Waals surface area contributed by atoms with E-state index in [1.165, 1.54) is 12.1 Å². The van der Waals surface area contributed by atoms with Gasteiger partial charge < -0.3 is 9.84 Å².